The maximum atomic E-state index is 12.1. The number of carbonyl (C=O) groups excluding carboxylic acids is 3. The molecule has 23 heavy (non-hydrogen) atoms. The third-order valence-electron chi connectivity index (χ3n) is 3.60. The Labute approximate surface area is 133 Å². The van der Waals surface area contributed by atoms with Crippen molar-refractivity contribution in [3.63, 3.8) is 0 Å². The highest BCUT2D eigenvalue weighted by Crippen LogP contribution is 2.19. The zero-order valence-electron chi connectivity index (χ0n) is 12.6. The summed E-state index contributed by atoms with van der Waals surface area (Å²) in [6, 6.07) is 10.9. The summed E-state index contributed by atoms with van der Waals surface area (Å²) in [7, 11) is 0. The molecule has 0 saturated carbocycles. The van der Waals surface area contributed by atoms with Crippen molar-refractivity contribution in [1.29, 1.82) is 0 Å². The van der Waals surface area contributed by atoms with Crippen molar-refractivity contribution in [3.05, 3.63) is 65.0 Å². The monoisotopic (exact) mass is 309 g/mol. The highest BCUT2D eigenvalue weighted by Gasteiger charge is 2.37. The Morgan fingerprint density at radius 2 is 2.00 bits per heavy atom. The van der Waals surface area contributed by atoms with Crippen LogP contribution in [0.4, 0.5) is 0 Å². The van der Waals surface area contributed by atoms with Gasteiger partial charge in [0.2, 0.25) is 5.91 Å². The maximum Gasteiger partial charge on any atom is 0.280 e. The number of hydrogen-bond acceptors (Lipinski definition) is 4. The number of benzene rings is 1. The Kier molecular flexibility index (Phi) is 3.89. The number of aromatic nitrogens is 1. The Morgan fingerprint density at radius 1 is 1.17 bits per heavy atom. The summed E-state index contributed by atoms with van der Waals surface area (Å²) < 4.78 is 0. The van der Waals surface area contributed by atoms with Gasteiger partial charge in [-0.1, -0.05) is 29.8 Å². The SMILES string of the molecule is Cc1cccc(CNC(=O)CN2C(=O)c3cccnc3C2=O)c1. The summed E-state index contributed by atoms with van der Waals surface area (Å²) in [5.74, 6) is -1.40. The van der Waals surface area contributed by atoms with Crippen LogP contribution >= 0.6 is 0 Å². The summed E-state index contributed by atoms with van der Waals surface area (Å²) in [6.07, 6.45) is 1.45. The van der Waals surface area contributed by atoms with Crippen LogP contribution in [0.5, 0.6) is 0 Å². The van der Waals surface area contributed by atoms with E-state index in [1.54, 1.807) is 6.07 Å². The molecule has 6 nitrogen and oxygen atoms in total. The van der Waals surface area contributed by atoms with Gasteiger partial charge in [0, 0.05) is 12.7 Å². The molecular weight excluding hydrogens is 294 g/mol. The highest BCUT2D eigenvalue weighted by atomic mass is 16.2. The van der Waals surface area contributed by atoms with Crippen molar-refractivity contribution >= 4 is 17.7 Å². The minimum absolute atomic E-state index is 0.101. The van der Waals surface area contributed by atoms with E-state index in [4.69, 9.17) is 0 Å². The summed E-state index contributed by atoms with van der Waals surface area (Å²) >= 11 is 0. The molecule has 1 aromatic carbocycles. The van der Waals surface area contributed by atoms with Gasteiger partial charge in [0.25, 0.3) is 11.8 Å². The van der Waals surface area contributed by atoms with Crippen molar-refractivity contribution in [2.45, 2.75) is 13.5 Å². The van der Waals surface area contributed by atoms with E-state index in [1.165, 1.54) is 12.3 Å². The number of nitrogens with one attached hydrogen (secondary N) is 1. The third kappa shape index (κ3) is 2.96. The lowest BCUT2D eigenvalue weighted by Gasteiger charge is -2.13. The molecule has 1 aromatic heterocycles. The lowest BCUT2D eigenvalue weighted by Crippen LogP contribution is -2.40. The van der Waals surface area contributed by atoms with Crippen LogP contribution in [0.25, 0.3) is 0 Å². The first-order valence-electron chi connectivity index (χ1n) is 7.19. The van der Waals surface area contributed by atoms with Crippen LogP contribution in [0, 0.1) is 6.92 Å². The molecule has 0 fully saturated rings. The molecule has 0 radical (unpaired) electrons. The molecule has 116 valence electrons. The lowest BCUT2D eigenvalue weighted by atomic mass is 10.1. The van der Waals surface area contributed by atoms with Gasteiger partial charge >= 0.3 is 0 Å². The van der Waals surface area contributed by atoms with Crippen LogP contribution < -0.4 is 5.32 Å². The fourth-order valence-corrected chi connectivity index (χ4v) is 2.48. The van der Waals surface area contributed by atoms with E-state index in [1.807, 2.05) is 31.2 Å². The predicted molar refractivity (Wildman–Crippen MR) is 82.6 cm³/mol. The number of pyridine rings is 1. The van der Waals surface area contributed by atoms with Gasteiger partial charge in [0.1, 0.15) is 12.2 Å². The van der Waals surface area contributed by atoms with Crippen LogP contribution in [-0.2, 0) is 11.3 Å². The number of nitrogens with zero attached hydrogens (tertiary/aromatic N) is 2. The smallest absolute Gasteiger partial charge is 0.280 e. The molecule has 0 spiro atoms. The molecule has 0 aliphatic carbocycles. The average Bonchev–Trinajstić information content (AvgIpc) is 2.79. The van der Waals surface area contributed by atoms with E-state index in [0.29, 0.717) is 6.54 Å². The number of carbonyl (C=O) groups is 3. The fraction of sp³-hybridized carbons (Fsp3) is 0.176. The third-order valence-corrected chi connectivity index (χ3v) is 3.60. The zero-order chi connectivity index (χ0) is 16.4. The first-order valence-corrected chi connectivity index (χ1v) is 7.19. The summed E-state index contributed by atoms with van der Waals surface area (Å²) in [4.78, 5) is 41.1. The largest absolute Gasteiger partial charge is 0.350 e. The summed E-state index contributed by atoms with van der Waals surface area (Å²) in [5, 5.41) is 2.72. The van der Waals surface area contributed by atoms with Gasteiger partial charge < -0.3 is 5.32 Å². The van der Waals surface area contributed by atoms with Crippen molar-refractivity contribution in [2.75, 3.05) is 6.54 Å². The number of aryl methyl sites for hydroxylation is 1. The molecule has 2 aromatic rings. The maximum absolute atomic E-state index is 12.1. The van der Waals surface area contributed by atoms with Crippen molar-refractivity contribution in [2.24, 2.45) is 0 Å². The zero-order valence-corrected chi connectivity index (χ0v) is 12.6. The molecular formula is C17H15N3O3. The van der Waals surface area contributed by atoms with E-state index in [2.05, 4.69) is 10.3 Å². The van der Waals surface area contributed by atoms with Crippen molar-refractivity contribution < 1.29 is 14.4 Å². The molecule has 2 heterocycles. The van der Waals surface area contributed by atoms with E-state index in [-0.39, 0.29) is 23.7 Å². The van der Waals surface area contributed by atoms with Gasteiger partial charge in [0.05, 0.1) is 5.56 Å². The summed E-state index contributed by atoms with van der Waals surface area (Å²) in [6.45, 7) is 2.01. The van der Waals surface area contributed by atoms with Crippen LogP contribution in [0.15, 0.2) is 42.6 Å². The van der Waals surface area contributed by atoms with E-state index in [9.17, 15) is 14.4 Å². The van der Waals surface area contributed by atoms with Crippen molar-refractivity contribution in [3.8, 4) is 0 Å². The quantitative estimate of drug-likeness (QED) is 0.863. The van der Waals surface area contributed by atoms with E-state index in [0.717, 1.165) is 16.0 Å². The minimum Gasteiger partial charge on any atom is -0.350 e. The van der Waals surface area contributed by atoms with E-state index >= 15 is 0 Å². The van der Waals surface area contributed by atoms with Gasteiger partial charge in [-0.05, 0) is 24.6 Å². The molecule has 1 N–H and O–H groups in total. The first-order chi connectivity index (χ1) is 11.1. The molecule has 0 unspecified atom stereocenters. The topological polar surface area (TPSA) is 79.4 Å². The van der Waals surface area contributed by atoms with Crippen LogP contribution in [-0.4, -0.2) is 34.2 Å². The Balaban J connectivity index is 1.63. The van der Waals surface area contributed by atoms with Crippen molar-refractivity contribution in [1.82, 2.24) is 15.2 Å². The van der Waals surface area contributed by atoms with Gasteiger partial charge in [-0.3, -0.25) is 24.3 Å². The van der Waals surface area contributed by atoms with Gasteiger partial charge in [-0.2, -0.15) is 0 Å². The normalized spacial score (nSPS) is 13.2. The van der Waals surface area contributed by atoms with Gasteiger partial charge in [-0.25, -0.2) is 0 Å². The Hall–Kier alpha value is -3.02. The number of rotatable bonds is 4. The number of hydrogen-bond donors (Lipinski definition) is 1. The van der Waals surface area contributed by atoms with Crippen LogP contribution in [0.3, 0.4) is 0 Å². The second-order valence-electron chi connectivity index (χ2n) is 5.36. The first kappa shape index (κ1) is 14.9. The Bertz CT molecular complexity index is 766. The molecule has 0 bridgehead atoms. The van der Waals surface area contributed by atoms with Gasteiger partial charge in [0.15, 0.2) is 0 Å². The Morgan fingerprint density at radius 3 is 2.74 bits per heavy atom. The second-order valence-corrected chi connectivity index (χ2v) is 5.36. The van der Waals surface area contributed by atoms with Crippen LogP contribution in [0.2, 0.25) is 0 Å². The highest BCUT2D eigenvalue weighted by molar-refractivity contribution is 6.21. The fourth-order valence-electron chi connectivity index (χ4n) is 2.48. The molecule has 3 rings (SSSR count). The molecule has 1 aliphatic heterocycles. The molecule has 3 amide bonds. The minimum atomic E-state index is -0.531. The van der Waals surface area contributed by atoms with Crippen LogP contribution in [0.1, 0.15) is 32.0 Å². The molecule has 0 atom stereocenters. The average molecular weight is 309 g/mol. The lowest BCUT2D eigenvalue weighted by molar-refractivity contribution is -0.121. The number of imide groups is 1. The molecule has 0 saturated heterocycles. The number of amides is 3. The molecule has 1 aliphatic rings. The molecule has 6 heteroatoms. The number of fused-ring (bicyclic) bond motifs is 1. The second kappa shape index (κ2) is 6.00. The standard InChI is InChI=1S/C17H15N3O3/c1-11-4-2-5-12(8-11)9-19-14(21)10-20-16(22)13-6-3-7-18-15(13)17(20)23/h2-8H,9-10H2,1H3,(H,19,21). The van der Waals surface area contributed by atoms with E-state index < -0.39 is 11.8 Å². The van der Waals surface area contributed by atoms with Gasteiger partial charge in [-0.15, -0.1) is 0 Å². The summed E-state index contributed by atoms with van der Waals surface area (Å²) in [5.41, 5.74) is 2.40. The predicted octanol–water partition coefficient (Wildman–Crippen LogP) is 1.30.